The van der Waals surface area contributed by atoms with Gasteiger partial charge in [0.1, 0.15) is 24.0 Å². The molecule has 1 atom stereocenters. The number of hydrogen-bond acceptors (Lipinski definition) is 6. The van der Waals surface area contributed by atoms with Crippen molar-refractivity contribution in [3.8, 4) is 5.75 Å². The summed E-state index contributed by atoms with van der Waals surface area (Å²) in [5, 5.41) is 5.37. The zero-order valence-corrected chi connectivity index (χ0v) is 17.6. The fourth-order valence-electron chi connectivity index (χ4n) is 2.56. The van der Waals surface area contributed by atoms with Crippen molar-refractivity contribution < 1.29 is 23.9 Å². The zero-order valence-electron chi connectivity index (χ0n) is 16.8. The molecule has 8 nitrogen and oxygen atoms in total. The van der Waals surface area contributed by atoms with Gasteiger partial charge < -0.3 is 25.0 Å². The van der Waals surface area contributed by atoms with E-state index in [0.717, 1.165) is 5.75 Å². The zero-order chi connectivity index (χ0) is 20.9. The highest BCUT2D eigenvalue weighted by Crippen LogP contribution is 2.31. The van der Waals surface area contributed by atoms with Crippen molar-refractivity contribution in [3.63, 3.8) is 0 Å². The molecular formula is C19H27N3O5S. The van der Waals surface area contributed by atoms with Crippen LogP contribution in [0.1, 0.15) is 31.1 Å². The molecule has 0 spiro atoms. The minimum atomic E-state index is -0.897. The van der Waals surface area contributed by atoms with Gasteiger partial charge in [0.25, 0.3) is 11.8 Å². The summed E-state index contributed by atoms with van der Waals surface area (Å²) in [5.74, 6) is 0.704. The van der Waals surface area contributed by atoms with Crippen LogP contribution in [0.25, 0.3) is 0 Å². The average molecular weight is 410 g/mol. The van der Waals surface area contributed by atoms with Gasteiger partial charge in [-0.1, -0.05) is 0 Å². The summed E-state index contributed by atoms with van der Waals surface area (Å²) in [4.78, 5) is 38.5. The Hall–Kier alpha value is -2.42. The van der Waals surface area contributed by atoms with E-state index in [4.69, 9.17) is 9.47 Å². The molecule has 1 aliphatic rings. The molecule has 0 aliphatic carbocycles. The molecule has 28 heavy (non-hydrogen) atoms. The first kappa shape index (κ1) is 21.9. The predicted molar refractivity (Wildman–Crippen MR) is 109 cm³/mol. The van der Waals surface area contributed by atoms with Crippen molar-refractivity contribution in [2.75, 3.05) is 37.1 Å². The molecule has 0 saturated carbocycles. The Morgan fingerprint density at radius 3 is 2.71 bits per heavy atom. The fraction of sp³-hybridized carbons (Fsp3) is 0.526. The van der Waals surface area contributed by atoms with Gasteiger partial charge in [0.15, 0.2) is 0 Å². The van der Waals surface area contributed by atoms with E-state index in [9.17, 15) is 14.4 Å². The van der Waals surface area contributed by atoms with E-state index < -0.39 is 17.7 Å². The molecule has 0 saturated heterocycles. The summed E-state index contributed by atoms with van der Waals surface area (Å²) in [6.07, 6.45) is 1.27. The number of benzene rings is 1. The van der Waals surface area contributed by atoms with Crippen LogP contribution in [0.3, 0.4) is 0 Å². The summed E-state index contributed by atoms with van der Waals surface area (Å²) in [6, 6.07) is 4.01. The molecule has 0 unspecified atom stereocenters. The number of likely N-dealkylation sites (N-methyl/N-ethyl adjacent to an activating group) is 1. The highest BCUT2D eigenvalue weighted by atomic mass is 32.2. The second-order valence-corrected chi connectivity index (χ2v) is 8.32. The quantitative estimate of drug-likeness (QED) is 0.723. The number of nitrogens with one attached hydrogen (secondary N) is 2. The van der Waals surface area contributed by atoms with Crippen molar-refractivity contribution >= 4 is 35.4 Å². The number of fused-ring (bicyclic) bond motifs is 1. The van der Waals surface area contributed by atoms with Crippen LogP contribution in [0.5, 0.6) is 5.75 Å². The smallest absolute Gasteiger partial charge is 0.408 e. The molecule has 1 aliphatic heterocycles. The van der Waals surface area contributed by atoms with E-state index in [-0.39, 0.29) is 18.4 Å². The lowest BCUT2D eigenvalue weighted by atomic mass is 10.1. The minimum absolute atomic E-state index is 0.0331. The van der Waals surface area contributed by atoms with Crippen molar-refractivity contribution in [2.24, 2.45) is 0 Å². The number of anilines is 1. The summed E-state index contributed by atoms with van der Waals surface area (Å²) in [7, 11) is 1.58. The first-order valence-corrected chi connectivity index (χ1v) is 10.3. The topological polar surface area (TPSA) is 97.0 Å². The lowest BCUT2D eigenvalue weighted by Crippen LogP contribution is -2.50. The number of thioether (sulfide) groups is 1. The van der Waals surface area contributed by atoms with E-state index in [1.807, 2.05) is 6.26 Å². The highest BCUT2D eigenvalue weighted by Gasteiger charge is 2.32. The summed E-state index contributed by atoms with van der Waals surface area (Å²) < 4.78 is 10.9. The van der Waals surface area contributed by atoms with Crippen molar-refractivity contribution in [1.82, 2.24) is 10.6 Å². The summed E-state index contributed by atoms with van der Waals surface area (Å²) >= 11 is 1.64. The van der Waals surface area contributed by atoms with Crippen LogP contribution in [-0.2, 0) is 9.53 Å². The third-order valence-electron chi connectivity index (χ3n) is 3.90. The molecule has 0 fully saturated rings. The molecule has 1 heterocycles. The Morgan fingerprint density at radius 2 is 2.07 bits per heavy atom. The van der Waals surface area contributed by atoms with E-state index >= 15 is 0 Å². The molecule has 2 rings (SSSR count). The van der Waals surface area contributed by atoms with Gasteiger partial charge in [-0.05, 0) is 45.2 Å². The third kappa shape index (κ3) is 5.79. The SMILES string of the molecule is CSCCNC(=O)c1ccc2c(c1)N(C)C(=O)[C@@H](NC(=O)OC(C)(C)C)CO2. The van der Waals surface area contributed by atoms with E-state index in [2.05, 4.69) is 10.6 Å². The van der Waals surface area contributed by atoms with E-state index in [1.54, 1.807) is 57.8 Å². The van der Waals surface area contributed by atoms with Gasteiger partial charge >= 0.3 is 6.09 Å². The molecular weight excluding hydrogens is 382 g/mol. The van der Waals surface area contributed by atoms with E-state index in [0.29, 0.717) is 23.5 Å². The van der Waals surface area contributed by atoms with Crippen LogP contribution in [0.15, 0.2) is 18.2 Å². The number of hydrogen-bond donors (Lipinski definition) is 2. The second-order valence-electron chi connectivity index (χ2n) is 7.34. The maximum Gasteiger partial charge on any atom is 0.408 e. The molecule has 3 amide bonds. The normalized spacial score (nSPS) is 16.5. The number of carbonyl (C=O) groups is 3. The molecule has 0 aromatic heterocycles. The molecule has 154 valence electrons. The number of alkyl carbamates (subject to hydrolysis) is 1. The third-order valence-corrected chi connectivity index (χ3v) is 4.51. The van der Waals surface area contributed by atoms with Crippen LogP contribution in [0, 0.1) is 0 Å². The fourth-order valence-corrected chi connectivity index (χ4v) is 2.87. The largest absolute Gasteiger partial charge is 0.489 e. The van der Waals surface area contributed by atoms with Crippen LogP contribution in [0.2, 0.25) is 0 Å². The number of amides is 3. The molecule has 9 heteroatoms. The molecule has 0 bridgehead atoms. The molecule has 2 N–H and O–H groups in total. The highest BCUT2D eigenvalue weighted by molar-refractivity contribution is 7.98. The Labute approximate surface area is 169 Å². The minimum Gasteiger partial charge on any atom is -0.489 e. The number of ether oxygens (including phenoxy) is 2. The van der Waals surface area contributed by atoms with Crippen molar-refractivity contribution in [2.45, 2.75) is 32.4 Å². The maximum absolute atomic E-state index is 12.8. The molecule has 1 aromatic carbocycles. The molecule has 1 aromatic rings. The first-order valence-electron chi connectivity index (χ1n) is 8.93. The average Bonchev–Trinajstić information content (AvgIpc) is 2.72. The maximum atomic E-state index is 12.8. The van der Waals surface area contributed by atoms with Gasteiger partial charge in [-0.25, -0.2) is 4.79 Å². The van der Waals surface area contributed by atoms with Crippen molar-refractivity contribution in [3.05, 3.63) is 23.8 Å². The Morgan fingerprint density at radius 1 is 1.36 bits per heavy atom. The van der Waals surface area contributed by atoms with Gasteiger partial charge in [0.2, 0.25) is 0 Å². The van der Waals surface area contributed by atoms with E-state index in [1.165, 1.54) is 4.90 Å². The number of nitrogens with zero attached hydrogens (tertiary/aromatic N) is 1. The van der Waals surface area contributed by atoms with Crippen molar-refractivity contribution in [1.29, 1.82) is 0 Å². The molecule has 0 radical (unpaired) electrons. The van der Waals surface area contributed by atoms with Crippen LogP contribution in [0.4, 0.5) is 10.5 Å². The van der Waals surface area contributed by atoms with Crippen LogP contribution < -0.4 is 20.3 Å². The summed E-state index contributed by atoms with van der Waals surface area (Å²) in [5.41, 5.74) is 0.226. The van der Waals surface area contributed by atoms with Crippen LogP contribution >= 0.6 is 11.8 Å². The van der Waals surface area contributed by atoms with Crippen LogP contribution in [-0.4, -0.2) is 61.8 Å². The lowest BCUT2D eigenvalue weighted by molar-refractivity contribution is -0.120. The second kappa shape index (κ2) is 9.18. The number of rotatable bonds is 5. The van der Waals surface area contributed by atoms with Gasteiger partial charge in [-0.2, -0.15) is 11.8 Å². The Bertz CT molecular complexity index is 748. The lowest BCUT2D eigenvalue weighted by Gasteiger charge is -2.23. The standard InChI is InChI=1S/C19H27N3O5S/c1-19(2,3)27-18(25)21-13-11-26-15-7-6-12(16(23)20-8-9-28-5)10-14(15)22(4)17(13)24/h6-7,10,13H,8-9,11H2,1-5H3,(H,20,23)(H,21,25)/t13-/m0/s1. The number of carbonyl (C=O) groups excluding carboxylic acids is 3. The first-order chi connectivity index (χ1) is 13.1. The van der Waals surface area contributed by atoms with Gasteiger partial charge in [0.05, 0.1) is 5.69 Å². The Balaban J connectivity index is 2.13. The van der Waals surface area contributed by atoms with Gasteiger partial charge in [0, 0.05) is 24.9 Å². The van der Waals surface area contributed by atoms with Gasteiger partial charge in [-0.15, -0.1) is 0 Å². The predicted octanol–water partition coefficient (Wildman–Crippen LogP) is 2.03. The summed E-state index contributed by atoms with van der Waals surface area (Å²) in [6.45, 7) is 5.75. The monoisotopic (exact) mass is 409 g/mol. The Kier molecular flexibility index (Phi) is 7.17. The van der Waals surface area contributed by atoms with Gasteiger partial charge in [-0.3, -0.25) is 9.59 Å².